The van der Waals surface area contributed by atoms with Crippen LogP contribution in [0.3, 0.4) is 0 Å². The van der Waals surface area contributed by atoms with Crippen LogP contribution < -0.4 is 15.4 Å². The quantitative estimate of drug-likeness (QED) is 0.0446. The van der Waals surface area contributed by atoms with Gasteiger partial charge in [0.15, 0.2) is 0 Å². The number of fused-ring (bicyclic) bond motifs is 3. The summed E-state index contributed by atoms with van der Waals surface area (Å²) in [5.41, 5.74) is 5.17. The number of benzene rings is 3. The van der Waals surface area contributed by atoms with Crippen molar-refractivity contribution < 1.29 is 55.7 Å². The van der Waals surface area contributed by atoms with Crippen LogP contribution in [-0.4, -0.2) is 119 Å². The molecule has 0 bridgehead atoms. The van der Waals surface area contributed by atoms with Gasteiger partial charge in [-0.3, -0.25) is 19.3 Å². The molecule has 0 radical (unpaired) electrons. The molecule has 19 heteroatoms. The number of alkyl halides is 3. The van der Waals surface area contributed by atoms with Crippen molar-refractivity contribution in [3.8, 4) is 16.2 Å². The second-order valence-corrected chi connectivity index (χ2v) is 20.0. The number of carbonyl (C=O) groups is 3. The van der Waals surface area contributed by atoms with E-state index in [4.69, 9.17) is 14.2 Å². The van der Waals surface area contributed by atoms with Gasteiger partial charge in [0.1, 0.15) is 36.1 Å². The van der Waals surface area contributed by atoms with Crippen LogP contribution in [0.25, 0.3) is 21.3 Å². The van der Waals surface area contributed by atoms with Gasteiger partial charge in [-0.25, -0.2) is 13.8 Å². The van der Waals surface area contributed by atoms with E-state index >= 15 is 8.78 Å². The molecule has 2 aromatic heterocycles. The standard InChI is InChI=1S/C51H61F5N6O7S/c1-30-21-37-36-11-7-8-12-40(36)59-44(37)45(62(30)28-51(54,55)56)43-38(52)23-35(24-39(43)53)69-18-10-6-9-17-67-19-20-68-27-42(64)60-47(50(3,4)5)49(66)61-26-34(63)22-41(61)48(65)57-25-32-13-15-33(16-14-32)46-31(2)58-29-70-46/h7-8,11-16,23-24,29-30,34,41,45,47,59,63H,6,9-10,17-22,25-28H2,1-5H3,(H,57,65)(H,60,64)/t30-,34-,41+,45-,47?/m1/s1. The van der Waals surface area contributed by atoms with E-state index in [9.17, 15) is 32.7 Å². The molecule has 5 atom stereocenters. The average molecular weight is 997 g/mol. The lowest BCUT2D eigenvalue weighted by atomic mass is 9.85. The second kappa shape index (κ2) is 22.7. The molecule has 3 amide bonds. The number of hydrogen-bond donors (Lipinski definition) is 4. The molecular weight excluding hydrogens is 936 g/mol. The minimum atomic E-state index is -4.60. The highest BCUT2D eigenvalue weighted by Gasteiger charge is 2.46. The number of nitrogens with one attached hydrogen (secondary N) is 3. The van der Waals surface area contributed by atoms with E-state index in [1.807, 2.05) is 43.3 Å². The van der Waals surface area contributed by atoms with E-state index in [2.05, 4.69) is 20.6 Å². The third kappa shape index (κ3) is 12.9. The zero-order chi connectivity index (χ0) is 50.3. The molecule has 5 aromatic rings. The lowest BCUT2D eigenvalue weighted by Crippen LogP contribution is -2.58. The van der Waals surface area contributed by atoms with Crippen molar-refractivity contribution in [1.29, 1.82) is 0 Å². The Hall–Kier alpha value is -5.47. The monoisotopic (exact) mass is 996 g/mol. The first-order chi connectivity index (χ1) is 33.3. The van der Waals surface area contributed by atoms with E-state index in [0.29, 0.717) is 37.1 Å². The first-order valence-electron chi connectivity index (χ1n) is 23.5. The van der Waals surface area contributed by atoms with E-state index in [0.717, 1.165) is 49.7 Å². The zero-order valence-electron chi connectivity index (χ0n) is 40.0. The Kier molecular flexibility index (Phi) is 17.0. The summed E-state index contributed by atoms with van der Waals surface area (Å²) in [6.45, 7) is 8.25. The third-order valence-corrected chi connectivity index (χ3v) is 13.7. The SMILES string of the molecule is Cc1ncsc1-c1ccc(CNC(=O)[C@@H]2C[C@@H](O)CN2C(=O)C(NC(=O)COCCOCCCCCOc2cc(F)c([C@@H]3c4[nH]c5ccccc5c4C[C@@H](C)N3CC(F)(F)F)c(F)c2)C(C)(C)C)cc1. The van der Waals surface area contributed by atoms with Crippen molar-refractivity contribution in [3.63, 3.8) is 0 Å². The molecule has 4 N–H and O–H groups in total. The predicted octanol–water partition coefficient (Wildman–Crippen LogP) is 8.17. The normalized spacial score (nSPS) is 19.0. The number of H-pyrrole nitrogens is 1. The highest BCUT2D eigenvalue weighted by atomic mass is 32.1. The van der Waals surface area contributed by atoms with Crippen LogP contribution in [0.1, 0.15) is 87.5 Å². The number of thiazole rings is 1. The van der Waals surface area contributed by atoms with Gasteiger partial charge in [-0.2, -0.15) is 13.2 Å². The Morgan fingerprint density at radius 3 is 2.34 bits per heavy atom. The number of para-hydroxylation sites is 1. The van der Waals surface area contributed by atoms with Crippen LogP contribution in [0.2, 0.25) is 0 Å². The van der Waals surface area contributed by atoms with Gasteiger partial charge in [-0.15, -0.1) is 11.3 Å². The molecule has 1 saturated heterocycles. The number of halogens is 5. The van der Waals surface area contributed by atoms with Crippen molar-refractivity contribution in [2.45, 2.75) is 110 Å². The summed E-state index contributed by atoms with van der Waals surface area (Å²) >= 11 is 1.55. The van der Waals surface area contributed by atoms with Gasteiger partial charge in [0.25, 0.3) is 0 Å². The fraction of sp³-hybridized carbons (Fsp3) is 0.490. The van der Waals surface area contributed by atoms with Crippen molar-refractivity contribution in [2.24, 2.45) is 5.41 Å². The molecule has 0 saturated carbocycles. The molecule has 2 aliphatic heterocycles. The second-order valence-electron chi connectivity index (χ2n) is 19.1. The summed E-state index contributed by atoms with van der Waals surface area (Å²) in [6, 6.07) is 13.1. The fourth-order valence-electron chi connectivity index (χ4n) is 9.22. The van der Waals surface area contributed by atoms with E-state index in [1.54, 1.807) is 56.7 Å². The minimum absolute atomic E-state index is 0.0523. The Bertz CT molecular complexity index is 2580. The van der Waals surface area contributed by atoms with Gasteiger partial charge in [-0.1, -0.05) is 63.2 Å². The molecule has 378 valence electrons. The number of aryl methyl sites for hydroxylation is 1. The lowest BCUT2D eigenvalue weighted by Gasteiger charge is -2.41. The molecule has 1 unspecified atom stereocenters. The van der Waals surface area contributed by atoms with Gasteiger partial charge in [0, 0.05) is 66.5 Å². The van der Waals surface area contributed by atoms with Crippen molar-refractivity contribution in [1.82, 2.24) is 30.4 Å². The molecule has 70 heavy (non-hydrogen) atoms. The van der Waals surface area contributed by atoms with Crippen LogP contribution in [0.5, 0.6) is 5.75 Å². The maximum atomic E-state index is 15.8. The first-order valence-corrected chi connectivity index (χ1v) is 24.4. The predicted molar refractivity (Wildman–Crippen MR) is 255 cm³/mol. The Balaban J connectivity index is 0.808. The summed E-state index contributed by atoms with van der Waals surface area (Å²) in [7, 11) is 0. The van der Waals surface area contributed by atoms with Crippen molar-refractivity contribution in [2.75, 3.05) is 46.1 Å². The Labute approximate surface area is 408 Å². The number of amides is 3. The van der Waals surface area contributed by atoms with Crippen LogP contribution in [0.15, 0.2) is 66.2 Å². The van der Waals surface area contributed by atoms with Crippen molar-refractivity contribution >= 4 is 40.0 Å². The van der Waals surface area contributed by atoms with Crippen LogP contribution in [-0.2, 0) is 36.8 Å². The minimum Gasteiger partial charge on any atom is -0.493 e. The average Bonchev–Trinajstić information content (AvgIpc) is 4.02. The number of β-amino-alcohol motifs (C(OH)–C–C–N with tert-alkyl or cyclic N) is 1. The summed E-state index contributed by atoms with van der Waals surface area (Å²) in [6.07, 6.45) is -3.34. The molecule has 0 spiro atoms. The van der Waals surface area contributed by atoms with Gasteiger partial charge >= 0.3 is 6.18 Å². The summed E-state index contributed by atoms with van der Waals surface area (Å²) in [4.78, 5) is 51.3. The van der Waals surface area contributed by atoms with Crippen LogP contribution in [0, 0.1) is 24.0 Å². The third-order valence-electron chi connectivity index (χ3n) is 12.7. The molecule has 13 nitrogen and oxygen atoms in total. The number of nitrogens with zero attached hydrogens (tertiary/aromatic N) is 3. The summed E-state index contributed by atoms with van der Waals surface area (Å²) in [5, 5.41) is 17.0. The highest BCUT2D eigenvalue weighted by Crippen LogP contribution is 2.44. The maximum absolute atomic E-state index is 15.8. The van der Waals surface area contributed by atoms with E-state index in [1.165, 1.54) is 4.90 Å². The molecule has 3 aromatic carbocycles. The number of likely N-dealkylation sites (tertiary alicyclic amines) is 1. The van der Waals surface area contributed by atoms with Crippen molar-refractivity contribution in [3.05, 3.63) is 106 Å². The number of rotatable bonds is 20. The van der Waals surface area contributed by atoms with Gasteiger partial charge in [0.05, 0.1) is 54.6 Å². The topological polar surface area (TPSA) is 158 Å². The number of aliphatic hydroxyl groups is 1. The number of aromatic nitrogens is 2. The van der Waals surface area contributed by atoms with Crippen LogP contribution >= 0.6 is 11.3 Å². The molecule has 7 rings (SSSR count). The molecule has 1 fully saturated rings. The zero-order valence-corrected chi connectivity index (χ0v) is 40.8. The number of aromatic amines is 1. The molecule has 0 aliphatic carbocycles. The van der Waals surface area contributed by atoms with Gasteiger partial charge in [0.2, 0.25) is 17.7 Å². The van der Waals surface area contributed by atoms with Crippen LogP contribution in [0.4, 0.5) is 22.0 Å². The van der Waals surface area contributed by atoms with E-state index < -0.39 is 83.3 Å². The summed E-state index contributed by atoms with van der Waals surface area (Å²) < 4.78 is 89.9. The fourth-order valence-corrected chi connectivity index (χ4v) is 10.0. The number of unbranched alkanes of at least 4 members (excludes halogenated alkanes) is 2. The van der Waals surface area contributed by atoms with Gasteiger partial charge in [-0.05, 0) is 67.7 Å². The number of hydrogen-bond acceptors (Lipinski definition) is 10. The molecule has 4 heterocycles. The lowest BCUT2D eigenvalue weighted by molar-refractivity contribution is -0.155. The molecular formula is C51H61F5N6O7S. The molecule has 2 aliphatic rings. The number of ether oxygens (including phenoxy) is 3. The number of aliphatic hydroxyl groups excluding tert-OH is 1. The van der Waals surface area contributed by atoms with E-state index in [-0.39, 0.29) is 58.1 Å². The smallest absolute Gasteiger partial charge is 0.401 e. The Morgan fingerprint density at radius 2 is 1.66 bits per heavy atom. The maximum Gasteiger partial charge on any atom is 0.401 e. The first kappa shape index (κ1) is 52.4. The highest BCUT2D eigenvalue weighted by molar-refractivity contribution is 7.13. The largest absolute Gasteiger partial charge is 0.493 e. The van der Waals surface area contributed by atoms with Gasteiger partial charge < -0.3 is 39.8 Å². The number of carbonyl (C=O) groups excluding carboxylic acids is 3. The Morgan fingerprint density at radius 1 is 0.957 bits per heavy atom. The summed E-state index contributed by atoms with van der Waals surface area (Å²) in [5.74, 6) is -3.50.